The summed E-state index contributed by atoms with van der Waals surface area (Å²) in [6.07, 6.45) is 36.3. The molecule has 10 heteroatoms. The zero-order valence-electron chi connectivity index (χ0n) is 34.3. The van der Waals surface area contributed by atoms with Crippen LogP contribution in [-0.2, 0) is 32.7 Å². The second-order valence-corrected chi connectivity index (χ2v) is 16.8. The molecule has 0 aliphatic rings. The summed E-state index contributed by atoms with van der Waals surface area (Å²) in [6, 6.07) is 0. The summed E-state index contributed by atoms with van der Waals surface area (Å²) in [7, 11) is 1.16. The molecular weight excluding hydrogens is 677 g/mol. The van der Waals surface area contributed by atoms with Crippen molar-refractivity contribution in [2.75, 3.05) is 47.5 Å². The Morgan fingerprint density at radius 3 is 1.48 bits per heavy atom. The van der Waals surface area contributed by atoms with Crippen molar-refractivity contribution >= 4 is 19.8 Å². The van der Waals surface area contributed by atoms with Gasteiger partial charge in [-0.15, -0.1) is 0 Å². The lowest BCUT2D eigenvalue weighted by Gasteiger charge is -2.28. The van der Waals surface area contributed by atoms with Crippen LogP contribution in [0.5, 0.6) is 0 Å². The molecule has 0 aliphatic carbocycles. The molecule has 0 rings (SSSR count). The van der Waals surface area contributed by atoms with Gasteiger partial charge < -0.3 is 27.9 Å². The molecule has 0 aromatic heterocycles. The van der Waals surface area contributed by atoms with Gasteiger partial charge in [0.15, 0.2) is 6.10 Å². The number of esters is 2. The van der Waals surface area contributed by atoms with Gasteiger partial charge in [-0.05, 0) is 57.8 Å². The molecule has 52 heavy (non-hydrogen) atoms. The lowest BCUT2D eigenvalue weighted by atomic mass is 10.1. The molecule has 0 saturated carbocycles. The Balaban J connectivity index is 4.37. The van der Waals surface area contributed by atoms with Crippen molar-refractivity contribution in [2.45, 2.75) is 187 Å². The minimum absolute atomic E-state index is 0.0320. The van der Waals surface area contributed by atoms with Crippen LogP contribution in [0.3, 0.4) is 0 Å². The lowest BCUT2D eigenvalue weighted by Crippen LogP contribution is -2.37. The summed E-state index contributed by atoms with van der Waals surface area (Å²) >= 11 is 0. The fraction of sp³-hybridized carbons (Fsp3) is 0.857. The summed E-state index contributed by atoms with van der Waals surface area (Å²) in [5.41, 5.74) is 0. The third kappa shape index (κ3) is 38.2. The van der Waals surface area contributed by atoms with Gasteiger partial charge in [-0.3, -0.25) is 14.2 Å². The SMILES string of the molecule is CCCC/C=C\CCCCCCCC(=O)OCC(COP(=O)([O-])OCC[N+](C)(C)C)OC(=O)CCCCCCCCC/C=C\CCCCCCCC. The summed E-state index contributed by atoms with van der Waals surface area (Å²) in [5, 5.41) is 0. The number of phosphoric ester groups is 1. The third-order valence-electron chi connectivity index (χ3n) is 8.94. The van der Waals surface area contributed by atoms with Gasteiger partial charge in [0, 0.05) is 12.8 Å². The fourth-order valence-corrected chi connectivity index (χ4v) is 6.30. The van der Waals surface area contributed by atoms with E-state index >= 15 is 0 Å². The van der Waals surface area contributed by atoms with Gasteiger partial charge in [0.2, 0.25) is 0 Å². The van der Waals surface area contributed by atoms with Crippen molar-refractivity contribution in [1.29, 1.82) is 0 Å². The number of unbranched alkanes of at least 4 members (excludes halogenated alkanes) is 20. The quantitative estimate of drug-likeness (QED) is 0.0201. The zero-order valence-corrected chi connectivity index (χ0v) is 35.2. The summed E-state index contributed by atoms with van der Waals surface area (Å²) in [6.45, 7) is 4.17. The van der Waals surface area contributed by atoms with Crippen LogP contribution in [0.4, 0.5) is 0 Å². The number of likely N-dealkylation sites (N-methyl/N-ethyl adjacent to an activating group) is 1. The molecule has 2 unspecified atom stereocenters. The molecule has 306 valence electrons. The third-order valence-corrected chi connectivity index (χ3v) is 9.91. The molecule has 0 aromatic carbocycles. The first kappa shape index (κ1) is 50.5. The monoisotopic (exact) mass is 758 g/mol. The van der Waals surface area contributed by atoms with Gasteiger partial charge in [0.25, 0.3) is 7.82 Å². The number of ether oxygens (including phenoxy) is 2. The topological polar surface area (TPSA) is 111 Å². The highest BCUT2D eigenvalue weighted by molar-refractivity contribution is 7.45. The van der Waals surface area contributed by atoms with Crippen LogP contribution in [0.25, 0.3) is 0 Å². The van der Waals surface area contributed by atoms with Gasteiger partial charge >= 0.3 is 11.9 Å². The van der Waals surface area contributed by atoms with Gasteiger partial charge in [-0.2, -0.15) is 0 Å². The van der Waals surface area contributed by atoms with E-state index < -0.39 is 32.5 Å². The van der Waals surface area contributed by atoms with Crippen LogP contribution < -0.4 is 4.89 Å². The second kappa shape index (κ2) is 35.2. The van der Waals surface area contributed by atoms with Crippen LogP contribution in [0.1, 0.15) is 181 Å². The molecule has 0 radical (unpaired) electrons. The van der Waals surface area contributed by atoms with E-state index in [-0.39, 0.29) is 26.1 Å². The summed E-state index contributed by atoms with van der Waals surface area (Å²) in [4.78, 5) is 37.4. The summed E-state index contributed by atoms with van der Waals surface area (Å²) < 4.78 is 33.8. The van der Waals surface area contributed by atoms with Crippen LogP contribution in [-0.4, -0.2) is 70.0 Å². The van der Waals surface area contributed by atoms with Crippen molar-refractivity contribution in [3.63, 3.8) is 0 Å². The van der Waals surface area contributed by atoms with Crippen molar-refractivity contribution in [3.05, 3.63) is 24.3 Å². The molecule has 0 heterocycles. The van der Waals surface area contributed by atoms with Gasteiger partial charge in [-0.25, -0.2) is 0 Å². The Hall–Kier alpha value is -1.51. The first-order valence-corrected chi connectivity index (χ1v) is 22.5. The van der Waals surface area contributed by atoms with Gasteiger partial charge in [0.1, 0.15) is 19.8 Å². The number of carbonyl (C=O) groups is 2. The predicted octanol–water partition coefficient (Wildman–Crippen LogP) is 10.9. The number of quaternary nitrogens is 1. The highest BCUT2D eigenvalue weighted by atomic mass is 31.2. The average molecular weight is 758 g/mol. The van der Waals surface area contributed by atoms with Crippen molar-refractivity contribution in [1.82, 2.24) is 0 Å². The van der Waals surface area contributed by atoms with Crippen LogP contribution in [0.15, 0.2) is 24.3 Å². The number of rotatable bonds is 38. The Morgan fingerprint density at radius 2 is 1.00 bits per heavy atom. The number of hydrogen-bond donors (Lipinski definition) is 0. The molecule has 0 fully saturated rings. The van der Waals surface area contributed by atoms with Crippen molar-refractivity contribution in [2.24, 2.45) is 0 Å². The molecule has 9 nitrogen and oxygen atoms in total. The maximum absolute atomic E-state index is 12.6. The van der Waals surface area contributed by atoms with E-state index in [0.717, 1.165) is 70.6 Å². The van der Waals surface area contributed by atoms with Gasteiger partial charge in [-0.1, -0.05) is 134 Å². The highest BCUT2D eigenvalue weighted by Gasteiger charge is 2.21. The number of allylic oxidation sites excluding steroid dienone is 4. The number of hydrogen-bond acceptors (Lipinski definition) is 8. The van der Waals surface area contributed by atoms with E-state index in [9.17, 15) is 19.0 Å². The van der Waals surface area contributed by atoms with Crippen molar-refractivity contribution in [3.8, 4) is 0 Å². The van der Waals surface area contributed by atoms with E-state index in [1.54, 1.807) is 0 Å². The number of carbonyl (C=O) groups excluding carboxylic acids is 2. The first-order valence-electron chi connectivity index (χ1n) is 21.0. The number of phosphoric acid groups is 1. The molecule has 2 atom stereocenters. The molecule has 0 amide bonds. The zero-order chi connectivity index (χ0) is 38.6. The van der Waals surface area contributed by atoms with Crippen molar-refractivity contribution < 1.29 is 42.1 Å². The maximum Gasteiger partial charge on any atom is 0.306 e. The van der Waals surface area contributed by atoms with Crippen LogP contribution >= 0.6 is 7.82 Å². The normalized spacial score (nSPS) is 13.9. The Labute approximate surface area is 319 Å². The van der Waals surface area contributed by atoms with E-state index in [1.165, 1.54) is 77.0 Å². The Kier molecular flexibility index (Phi) is 34.2. The Bertz CT molecular complexity index is 949. The lowest BCUT2D eigenvalue weighted by molar-refractivity contribution is -0.870. The molecule has 0 aliphatic heterocycles. The van der Waals surface area contributed by atoms with Crippen LogP contribution in [0, 0.1) is 0 Å². The molecule has 0 N–H and O–H groups in total. The molecule has 0 aromatic rings. The van der Waals surface area contributed by atoms with E-state index in [1.807, 2.05) is 21.1 Å². The van der Waals surface area contributed by atoms with Crippen LogP contribution in [0.2, 0.25) is 0 Å². The largest absolute Gasteiger partial charge is 0.756 e. The Morgan fingerprint density at radius 1 is 0.577 bits per heavy atom. The second-order valence-electron chi connectivity index (χ2n) is 15.3. The smallest absolute Gasteiger partial charge is 0.306 e. The molecule has 0 saturated heterocycles. The van der Waals surface area contributed by atoms with E-state index in [2.05, 4.69) is 38.2 Å². The molecule has 0 spiro atoms. The average Bonchev–Trinajstić information content (AvgIpc) is 3.09. The highest BCUT2D eigenvalue weighted by Crippen LogP contribution is 2.38. The first-order chi connectivity index (χ1) is 25.0. The fourth-order valence-electron chi connectivity index (χ4n) is 5.57. The maximum atomic E-state index is 12.6. The minimum atomic E-state index is -4.62. The van der Waals surface area contributed by atoms with E-state index in [4.69, 9.17) is 18.5 Å². The standard InChI is InChI=1S/C42H80NO8P/c1-6-8-10-12-14-16-18-19-20-21-22-23-25-27-29-31-33-35-42(45)51-40(39-50-52(46,47)49-37-36-43(3,4)5)38-48-41(44)34-32-30-28-26-24-17-15-13-11-9-7-2/h13,15,19-20,40H,6-12,14,16-18,21-39H2,1-5H3/b15-13-,20-19-. The minimum Gasteiger partial charge on any atom is -0.756 e. The number of nitrogens with zero attached hydrogens (tertiary/aromatic N) is 1. The summed E-state index contributed by atoms with van der Waals surface area (Å²) in [5.74, 6) is -0.849. The molecular formula is C42H80NO8P. The molecule has 0 bridgehead atoms. The van der Waals surface area contributed by atoms with Gasteiger partial charge in [0.05, 0.1) is 27.7 Å². The predicted molar refractivity (Wildman–Crippen MR) is 213 cm³/mol. The van der Waals surface area contributed by atoms with E-state index in [0.29, 0.717) is 17.4 Å².